The van der Waals surface area contributed by atoms with Crippen LogP contribution in [0.2, 0.25) is 0 Å². The average molecular weight is 299 g/mol. The molecule has 1 saturated carbocycles. The number of para-hydroxylation sites is 1. The second-order valence-electron chi connectivity index (χ2n) is 5.09. The summed E-state index contributed by atoms with van der Waals surface area (Å²) >= 11 is 0. The van der Waals surface area contributed by atoms with Gasteiger partial charge in [0, 0.05) is 19.2 Å². The zero-order valence-electron chi connectivity index (χ0n) is 11.3. The molecule has 0 heterocycles. The van der Waals surface area contributed by atoms with Gasteiger partial charge in [-0.05, 0) is 37.8 Å². The molecule has 0 spiro atoms. The third-order valence-corrected chi connectivity index (χ3v) is 4.70. The van der Waals surface area contributed by atoms with Gasteiger partial charge in [-0.2, -0.15) is 0 Å². The zero-order chi connectivity index (χ0) is 14.8. The van der Waals surface area contributed by atoms with E-state index in [-0.39, 0.29) is 17.2 Å². The third-order valence-electron chi connectivity index (χ3n) is 3.73. The molecule has 2 rings (SSSR count). The van der Waals surface area contributed by atoms with Crippen molar-refractivity contribution in [3.63, 3.8) is 0 Å². The van der Waals surface area contributed by atoms with Crippen molar-refractivity contribution in [2.24, 2.45) is 5.14 Å². The number of benzene rings is 1. The SMILES string of the molecule is Nc1c(N(CCCO)C2CCC2)cccc1S(N)(=O)=O. The topological polar surface area (TPSA) is 110 Å². The van der Waals surface area contributed by atoms with Crippen molar-refractivity contribution in [3.05, 3.63) is 18.2 Å². The molecule has 0 aliphatic heterocycles. The molecule has 0 saturated heterocycles. The molecule has 0 aromatic heterocycles. The van der Waals surface area contributed by atoms with Crippen molar-refractivity contribution in [1.82, 2.24) is 0 Å². The second kappa shape index (κ2) is 5.99. The quantitative estimate of drug-likeness (QED) is 0.668. The Morgan fingerprint density at radius 3 is 2.55 bits per heavy atom. The fourth-order valence-electron chi connectivity index (χ4n) is 2.47. The summed E-state index contributed by atoms with van der Waals surface area (Å²) in [5.41, 5.74) is 6.88. The van der Waals surface area contributed by atoms with Gasteiger partial charge >= 0.3 is 0 Å². The molecule has 7 heteroatoms. The van der Waals surface area contributed by atoms with Crippen LogP contribution in [-0.2, 0) is 10.0 Å². The standard InChI is InChI=1S/C13H21N3O3S/c14-13-11(6-2-7-12(13)20(15,18)19)16(8-3-9-17)10-4-1-5-10/h2,6-7,10,17H,1,3-5,8-9,14H2,(H2,15,18,19). The van der Waals surface area contributed by atoms with Gasteiger partial charge in [0.25, 0.3) is 0 Å². The maximum atomic E-state index is 11.5. The molecular formula is C13H21N3O3S. The maximum Gasteiger partial charge on any atom is 0.240 e. The molecule has 0 bridgehead atoms. The minimum Gasteiger partial charge on any atom is -0.396 e. The smallest absolute Gasteiger partial charge is 0.240 e. The Balaban J connectivity index is 2.37. The Bertz CT molecular complexity index is 570. The number of sulfonamides is 1. The Hall–Kier alpha value is -1.31. The predicted molar refractivity (Wildman–Crippen MR) is 78.9 cm³/mol. The van der Waals surface area contributed by atoms with Crippen molar-refractivity contribution in [3.8, 4) is 0 Å². The van der Waals surface area contributed by atoms with E-state index >= 15 is 0 Å². The molecule has 1 aromatic rings. The van der Waals surface area contributed by atoms with Gasteiger partial charge in [0.15, 0.2) is 0 Å². The van der Waals surface area contributed by atoms with Crippen LogP contribution in [-0.4, -0.2) is 32.7 Å². The van der Waals surface area contributed by atoms with E-state index < -0.39 is 10.0 Å². The summed E-state index contributed by atoms with van der Waals surface area (Å²) in [4.78, 5) is 2.05. The van der Waals surface area contributed by atoms with Crippen LogP contribution in [0.25, 0.3) is 0 Å². The lowest BCUT2D eigenvalue weighted by atomic mass is 9.90. The summed E-state index contributed by atoms with van der Waals surface area (Å²) in [5.74, 6) is 0. The fraction of sp³-hybridized carbons (Fsp3) is 0.538. The number of aliphatic hydroxyl groups excluding tert-OH is 1. The molecule has 1 fully saturated rings. The van der Waals surface area contributed by atoms with E-state index in [2.05, 4.69) is 4.90 Å². The number of nitrogen functional groups attached to an aromatic ring is 1. The lowest BCUT2D eigenvalue weighted by Gasteiger charge is -2.40. The van der Waals surface area contributed by atoms with Crippen molar-refractivity contribution < 1.29 is 13.5 Å². The van der Waals surface area contributed by atoms with E-state index in [9.17, 15) is 8.42 Å². The first-order chi connectivity index (χ1) is 9.45. The van der Waals surface area contributed by atoms with Crippen LogP contribution in [0.4, 0.5) is 11.4 Å². The first kappa shape index (κ1) is 15.1. The van der Waals surface area contributed by atoms with Gasteiger partial charge in [-0.1, -0.05) is 6.07 Å². The Morgan fingerprint density at radius 2 is 2.05 bits per heavy atom. The number of hydrogen-bond acceptors (Lipinski definition) is 5. The van der Waals surface area contributed by atoms with E-state index in [0.717, 1.165) is 19.3 Å². The van der Waals surface area contributed by atoms with Gasteiger partial charge in [0.2, 0.25) is 10.0 Å². The normalized spacial score (nSPS) is 15.9. The highest BCUT2D eigenvalue weighted by Crippen LogP contribution is 2.35. The molecule has 1 aliphatic rings. The van der Waals surface area contributed by atoms with Crippen molar-refractivity contribution in [1.29, 1.82) is 0 Å². The Labute approximate surface area is 119 Å². The molecular weight excluding hydrogens is 278 g/mol. The van der Waals surface area contributed by atoms with E-state index in [1.54, 1.807) is 12.1 Å². The van der Waals surface area contributed by atoms with Crippen molar-refractivity contribution >= 4 is 21.4 Å². The molecule has 1 aromatic carbocycles. The monoisotopic (exact) mass is 299 g/mol. The highest BCUT2D eigenvalue weighted by molar-refractivity contribution is 7.89. The summed E-state index contributed by atoms with van der Waals surface area (Å²) in [6.07, 6.45) is 3.90. The van der Waals surface area contributed by atoms with Gasteiger partial charge in [-0.3, -0.25) is 0 Å². The Morgan fingerprint density at radius 1 is 1.35 bits per heavy atom. The number of primary sulfonamides is 1. The number of aliphatic hydroxyl groups is 1. The largest absolute Gasteiger partial charge is 0.396 e. The molecule has 0 unspecified atom stereocenters. The third kappa shape index (κ3) is 3.05. The van der Waals surface area contributed by atoms with Gasteiger partial charge < -0.3 is 15.7 Å². The molecule has 5 N–H and O–H groups in total. The van der Waals surface area contributed by atoms with Crippen LogP contribution in [0.5, 0.6) is 0 Å². The molecule has 0 radical (unpaired) electrons. The number of hydrogen-bond donors (Lipinski definition) is 3. The molecule has 20 heavy (non-hydrogen) atoms. The minimum absolute atomic E-state index is 0.0386. The van der Waals surface area contributed by atoms with Crippen LogP contribution in [0, 0.1) is 0 Å². The predicted octanol–water partition coefficient (Wildman–Crippen LogP) is 0.658. The summed E-state index contributed by atoms with van der Waals surface area (Å²) in [6, 6.07) is 5.23. The summed E-state index contributed by atoms with van der Waals surface area (Å²) in [5, 5.41) is 14.2. The van der Waals surface area contributed by atoms with Crippen LogP contribution in [0.15, 0.2) is 23.1 Å². The highest BCUT2D eigenvalue weighted by Gasteiger charge is 2.27. The average Bonchev–Trinajstić information content (AvgIpc) is 2.31. The van der Waals surface area contributed by atoms with E-state index in [1.165, 1.54) is 6.07 Å². The first-order valence-corrected chi connectivity index (χ1v) is 8.28. The van der Waals surface area contributed by atoms with Gasteiger partial charge in [-0.25, -0.2) is 13.6 Å². The summed E-state index contributed by atoms with van der Waals surface area (Å²) in [7, 11) is -3.83. The number of nitrogens with zero attached hydrogens (tertiary/aromatic N) is 1. The highest BCUT2D eigenvalue weighted by atomic mass is 32.2. The molecule has 1 aliphatic carbocycles. The zero-order valence-corrected chi connectivity index (χ0v) is 12.1. The van der Waals surface area contributed by atoms with Gasteiger partial charge in [-0.15, -0.1) is 0 Å². The number of rotatable bonds is 6. The van der Waals surface area contributed by atoms with Gasteiger partial charge in [0.05, 0.1) is 11.4 Å². The molecule has 0 amide bonds. The van der Waals surface area contributed by atoms with Gasteiger partial charge in [0.1, 0.15) is 4.90 Å². The van der Waals surface area contributed by atoms with Crippen molar-refractivity contribution in [2.45, 2.75) is 36.6 Å². The van der Waals surface area contributed by atoms with Crippen LogP contribution in [0.3, 0.4) is 0 Å². The summed E-state index contributed by atoms with van der Waals surface area (Å²) < 4.78 is 23.1. The summed E-state index contributed by atoms with van der Waals surface area (Å²) in [6.45, 7) is 0.747. The first-order valence-electron chi connectivity index (χ1n) is 6.74. The molecule has 0 atom stereocenters. The maximum absolute atomic E-state index is 11.5. The van der Waals surface area contributed by atoms with E-state index in [4.69, 9.17) is 16.0 Å². The fourth-order valence-corrected chi connectivity index (χ4v) is 3.15. The van der Waals surface area contributed by atoms with Crippen LogP contribution >= 0.6 is 0 Å². The number of nitrogens with two attached hydrogens (primary N) is 2. The molecule has 6 nitrogen and oxygen atoms in total. The lowest BCUT2D eigenvalue weighted by molar-refractivity contribution is 0.283. The lowest BCUT2D eigenvalue weighted by Crippen LogP contribution is -2.41. The Kier molecular flexibility index (Phi) is 4.52. The van der Waals surface area contributed by atoms with Crippen molar-refractivity contribution in [2.75, 3.05) is 23.8 Å². The van der Waals surface area contributed by atoms with E-state index in [0.29, 0.717) is 24.7 Å². The van der Waals surface area contributed by atoms with Crippen LogP contribution < -0.4 is 15.8 Å². The van der Waals surface area contributed by atoms with Crippen LogP contribution in [0.1, 0.15) is 25.7 Å². The minimum atomic E-state index is -3.83. The molecule has 112 valence electrons. The second-order valence-corrected chi connectivity index (χ2v) is 6.62. The van der Waals surface area contributed by atoms with E-state index in [1.807, 2.05) is 0 Å². The number of anilines is 2.